The lowest BCUT2D eigenvalue weighted by molar-refractivity contribution is -0.111. The van der Waals surface area contributed by atoms with E-state index in [2.05, 4.69) is 5.32 Å². The van der Waals surface area contributed by atoms with E-state index in [1.54, 1.807) is 36.4 Å². The van der Waals surface area contributed by atoms with Gasteiger partial charge in [0.15, 0.2) is 0 Å². The monoisotopic (exact) mass is 275 g/mol. The number of rotatable bonds is 3. The van der Waals surface area contributed by atoms with Crippen molar-refractivity contribution in [2.75, 3.05) is 5.32 Å². The Morgan fingerprint density at radius 3 is 2.53 bits per heavy atom. The van der Waals surface area contributed by atoms with Crippen molar-refractivity contribution in [3.63, 3.8) is 0 Å². The summed E-state index contributed by atoms with van der Waals surface area (Å²) in [7, 11) is 0. The second kappa shape index (κ2) is 6.16. The van der Waals surface area contributed by atoms with Crippen LogP contribution in [0.4, 0.5) is 10.1 Å². The van der Waals surface area contributed by atoms with Crippen molar-refractivity contribution in [1.29, 1.82) is 0 Å². The van der Waals surface area contributed by atoms with Crippen molar-refractivity contribution in [3.05, 3.63) is 71.0 Å². The molecule has 0 radical (unpaired) electrons. The van der Waals surface area contributed by atoms with E-state index in [-0.39, 0.29) is 5.69 Å². The van der Waals surface area contributed by atoms with Gasteiger partial charge in [0, 0.05) is 11.1 Å². The Morgan fingerprint density at radius 1 is 1.11 bits per heavy atom. The summed E-state index contributed by atoms with van der Waals surface area (Å²) < 4.78 is 13.3. The van der Waals surface area contributed by atoms with E-state index in [1.165, 1.54) is 18.2 Å². The number of carbonyl (C=O) groups excluding carboxylic acids is 1. The van der Waals surface area contributed by atoms with Crippen molar-refractivity contribution in [2.45, 2.75) is 0 Å². The van der Waals surface area contributed by atoms with Gasteiger partial charge in [-0.25, -0.2) is 4.39 Å². The molecule has 0 heterocycles. The zero-order valence-corrected chi connectivity index (χ0v) is 10.7. The Kier molecular flexibility index (Phi) is 4.31. The molecule has 0 aromatic heterocycles. The van der Waals surface area contributed by atoms with E-state index >= 15 is 0 Å². The summed E-state index contributed by atoms with van der Waals surface area (Å²) in [5, 5.41) is 3.01. The normalized spacial score (nSPS) is 10.6. The van der Waals surface area contributed by atoms with Gasteiger partial charge in [-0.05, 0) is 29.8 Å². The van der Waals surface area contributed by atoms with Gasteiger partial charge in [-0.1, -0.05) is 41.9 Å². The zero-order chi connectivity index (χ0) is 13.7. The summed E-state index contributed by atoms with van der Waals surface area (Å²) in [6.45, 7) is 0. The molecular formula is C15H11ClFNO. The van der Waals surface area contributed by atoms with Crippen LogP contribution in [0, 0.1) is 5.82 Å². The highest BCUT2D eigenvalue weighted by atomic mass is 35.5. The fraction of sp³-hybridized carbons (Fsp3) is 0. The maximum Gasteiger partial charge on any atom is 0.248 e. The molecule has 1 N–H and O–H groups in total. The molecule has 0 saturated carbocycles. The number of hydrogen-bond donors (Lipinski definition) is 1. The van der Waals surface area contributed by atoms with Crippen LogP contribution in [0.25, 0.3) is 6.08 Å². The average molecular weight is 276 g/mol. The van der Waals surface area contributed by atoms with Gasteiger partial charge < -0.3 is 5.32 Å². The Bertz CT molecular complexity index is 625. The molecule has 0 aliphatic carbocycles. The molecule has 0 saturated heterocycles. The fourth-order valence-electron chi connectivity index (χ4n) is 1.51. The van der Waals surface area contributed by atoms with Crippen LogP contribution in [-0.2, 0) is 4.79 Å². The van der Waals surface area contributed by atoms with E-state index in [1.807, 2.05) is 6.07 Å². The summed E-state index contributed by atoms with van der Waals surface area (Å²) in [4.78, 5) is 11.6. The molecule has 96 valence electrons. The van der Waals surface area contributed by atoms with Crippen LogP contribution in [0.15, 0.2) is 54.6 Å². The molecule has 1 amide bonds. The lowest BCUT2D eigenvalue weighted by atomic mass is 10.2. The Hall–Kier alpha value is -2.13. The maximum atomic E-state index is 13.3. The maximum absolute atomic E-state index is 13.3. The number of hydrogen-bond acceptors (Lipinski definition) is 1. The largest absolute Gasteiger partial charge is 0.320 e. The number of halogens is 2. The Morgan fingerprint density at radius 2 is 1.79 bits per heavy atom. The highest BCUT2D eigenvalue weighted by molar-refractivity contribution is 6.32. The number of amides is 1. The summed E-state index contributed by atoms with van der Waals surface area (Å²) in [5.74, 6) is -0.882. The van der Waals surface area contributed by atoms with E-state index in [9.17, 15) is 9.18 Å². The van der Waals surface area contributed by atoms with Gasteiger partial charge >= 0.3 is 0 Å². The van der Waals surface area contributed by atoms with Crippen LogP contribution in [0.1, 0.15) is 5.56 Å². The first-order valence-electron chi connectivity index (χ1n) is 5.65. The molecule has 2 rings (SSSR count). The summed E-state index contributed by atoms with van der Waals surface area (Å²) in [6.07, 6.45) is 2.90. The number of benzene rings is 2. The third-order valence-electron chi connectivity index (χ3n) is 2.45. The number of carbonyl (C=O) groups is 1. The average Bonchev–Trinajstić information content (AvgIpc) is 2.40. The molecule has 0 atom stereocenters. The highest BCUT2D eigenvalue weighted by Crippen LogP contribution is 2.16. The molecule has 2 aromatic carbocycles. The molecule has 0 aliphatic rings. The fourth-order valence-corrected chi connectivity index (χ4v) is 1.71. The van der Waals surface area contributed by atoms with Crippen molar-refractivity contribution in [2.24, 2.45) is 0 Å². The second-order valence-electron chi connectivity index (χ2n) is 3.82. The quantitative estimate of drug-likeness (QED) is 0.839. The van der Waals surface area contributed by atoms with Gasteiger partial charge in [0.2, 0.25) is 5.91 Å². The van der Waals surface area contributed by atoms with E-state index < -0.39 is 11.7 Å². The van der Waals surface area contributed by atoms with Gasteiger partial charge in [-0.15, -0.1) is 0 Å². The molecule has 0 bridgehead atoms. The Balaban J connectivity index is 2.06. The van der Waals surface area contributed by atoms with Crippen molar-refractivity contribution >= 4 is 29.3 Å². The zero-order valence-electron chi connectivity index (χ0n) is 9.94. The first kappa shape index (κ1) is 13.3. The molecular weight excluding hydrogens is 265 g/mol. The molecule has 2 aromatic rings. The third-order valence-corrected chi connectivity index (χ3v) is 2.80. The van der Waals surface area contributed by atoms with Gasteiger partial charge in [0.05, 0.1) is 5.69 Å². The lowest BCUT2D eigenvalue weighted by Gasteiger charge is -2.03. The van der Waals surface area contributed by atoms with E-state index in [0.717, 1.165) is 5.56 Å². The SMILES string of the molecule is O=C(C=Cc1ccccc1Cl)Nc1ccccc1F. The molecule has 4 heteroatoms. The van der Waals surface area contributed by atoms with Crippen molar-refractivity contribution < 1.29 is 9.18 Å². The topological polar surface area (TPSA) is 29.1 Å². The van der Waals surface area contributed by atoms with Crippen LogP contribution in [0.2, 0.25) is 5.02 Å². The molecule has 0 fully saturated rings. The van der Waals surface area contributed by atoms with Gasteiger partial charge in [0.25, 0.3) is 0 Å². The minimum atomic E-state index is -0.470. The number of para-hydroxylation sites is 1. The lowest BCUT2D eigenvalue weighted by Crippen LogP contribution is -2.08. The smallest absolute Gasteiger partial charge is 0.248 e. The molecule has 2 nitrogen and oxygen atoms in total. The van der Waals surface area contributed by atoms with Crippen LogP contribution in [0.5, 0.6) is 0 Å². The van der Waals surface area contributed by atoms with Crippen molar-refractivity contribution in [1.82, 2.24) is 0 Å². The third kappa shape index (κ3) is 3.66. The van der Waals surface area contributed by atoms with Crippen molar-refractivity contribution in [3.8, 4) is 0 Å². The van der Waals surface area contributed by atoms with E-state index in [4.69, 9.17) is 11.6 Å². The van der Waals surface area contributed by atoms with Crippen LogP contribution < -0.4 is 5.32 Å². The summed E-state index contributed by atoms with van der Waals surface area (Å²) in [6, 6.07) is 13.1. The van der Waals surface area contributed by atoms with Crippen LogP contribution in [0.3, 0.4) is 0 Å². The minimum Gasteiger partial charge on any atom is -0.320 e. The standard InChI is InChI=1S/C15H11ClFNO/c16-12-6-2-1-5-11(12)9-10-15(19)18-14-8-4-3-7-13(14)17/h1-10H,(H,18,19). The first-order valence-corrected chi connectivity index (χ1v) is 6.03. The Labute approximate surface area is 115 Å². The first-order chi connectivity index (χ1) is 9.16. The van der Waals surface area contributed by atoms with Gasteiger partial charge in [-0.2, -0.15) is 0 Å². The molecule has 0 aliphatic heterocycles. The highest BCUT2D eigenvalue weighted by Gasteiger charge is 2.03. The van der Waals surface area contributed by atoms with Gasteiger partial charge in [-0.3, -0.25) is 4.79 Å². The van der Waals surface area contributed by atoms with Gasteiger partial charge in [0.1, 0.15) is 5.82 Å². The van der Waals surface area contributed by atoms with Crippen LogP contribution in [-0.4, -0.2) is 5.91 Å². The van der Waals surface area contributed by atoms with E-state index in [0.29, 0.717) is 5.02 Å². The van der Waals surface area contributed by atoms with Crippen LogP contribution >= 0.6 is 11.6 Å². The molecule has 0 unspecified atom stereocenters. The minimum absolute atomic E-state index is 0.149. The number of nitrogens with one attached hydrogen (secondary N) is 1. The predicted octanol–water partition coefficient (Wildman–Crippen LogP) is 4.13. The molecule has 19 heavy (non-hydrogen) atoms. The summed E-state index contributed by atoms with van der Waals surface area (Å²) in [5.41, 5.74) is 0.879. The summed E-state index contributed by atoms with van der Waals surface area (Å²) >= 11 is 5.95. The number of anilines is 1. The second-order valence-corrected chi connectivity index (χ2v) is 4.23. The molecule has 0 spiro atoms. The predicted molar refractivity (Wildman–Crippen MR) is 75.5 cm³/mol.